The van der Waals surface area contributed by atoms with Crippen LogP contribution in [0.2, 0.25) is 0 Å². The number of aromatic nitrogens is 3. The Morgan fingerprint density at radius 3 is 2.95 bits per heavy atom. The van der Waals surface area contributed by atoms with E-state index in [-0.39, 0.29) is 17.2 Å². The first-order valence-electron chi connectivity index (χ1n) is 6.19. The van der Waals surface area contributed by atoms with Crippen molar-refractivity contribution >= 4 is 27.8 Å². The summed E-state index contributed by atoms with van der Waals surface area (Å²) in [6, 6.07) is 2.81. The van der Waals surface area contributed by atoms with Gasteiger partial charge in [0.25, 0.3) is 0 Å². The maximum Gasteiger partial charge on any atom is 0.352 e. The molecule has 1 unspecified atom stereocenters. The number of carbonyl (C=O) groups is 1. The van der Waals surface area contributed by atoms with Crippen LogP contribution >= 0.6 is 15.9 Å². The Morgan fingerprint density at radius 2 is 2.27 bits per heavy atom. The third kappa shape index (κ3) is 2.29. The molecular weight excluding hydrogens is 356 g/mol. The number of phenolic OH excluding ortho intramolecular Hbond substituents is 1. The summed E-state index contributed by atoms with van der Waals surface area (Å²) in [5, 5.41) is 25.9. The number of nitrogens with zero attached hydrogens (tertiary/aromatic N) is 3. The maximum absolute atomic E-state index is 11.2. The van der Waals surface area contributed by atoms with Crippen LogP contribution in [0.25, 0.3) is 0 Å². The molecule has 0 saturated carbocycles. The molecule has 1 atom stereocenters. The van der Waals surface area contributed by atoms with Crippen LogP contribution in [0.3, 0.4) is 0 Å². The molecule has 3 rings (SSSR count). The van der Waals surface area contributed by atoms with Crippen LogP contribution in [-0.4, -0.2) is 38.1 Å². The van der Waals surface area contributed by atoms with Gasteiger partial charge in [-0.1, -0.05) is 0 Å². The van der Waals surface area contributed by atoms with Gasteiger partial charge in [-0.15, -0.1) is 0 Å². The third-order valence-corrected chi connectivity index (χ3v) is 3.85. The fraction of sp³-hybridized carbons (Fsp3) is 0.154. The van der Waals surface area contributed by atoms with Crippen LogP contribution in [0.5, 0.6) is 11.5 Å². The van der Waals surface area contributed by atoms with Crippen LogP contribution in [0.15, 0.2) is 34.7 Å². The number of phenols is 1. The quantitative estimate of drug-likeness (QED) is 0.758. The van der Waals surface area contributed by atoms with Gasteiger partial charge in [-0.05, 0) is 39.7 Å². The maximum atomic E-state index is 11.2. The lowest BCUT2D eigenvalue weighted by Gasteiger charge is -2.23. The van der Waals surface area contributed by atoms with Crippen molar-refractivity contribution in [2.45, 2.75) is 6.04 Å². The molecule has 1 aromatic carbocycles. The van der Waals surface area contributed by atoms with Crippen LogP contribution in [0.1, 0.15) is 11.6 Å². The summed E-state index contributed by atoms with van der Waals surface area (Å²) in [4.78, 5) is 15.2. The molecule has 1 aliphatic rings. The molecule has 0 radical (unpaired) electrons. The predicted molar refractivity (Wildman–Crippen MR) is 79.9 cm³/mol. The van der Waals surface area contributed by atoms with E-state index in [1.165, 1.54) is 19.5 Å². The topological polar surface area (TPSA) is 110 Å². The highest BCUT2D eigenvalue weighted by Crippen LogP contribution is 2.39. The number of allylic oxidation sites excluding steroid dienone is 1. The number of hydrogen-bond acceptors (Lipinski definition) is 6. The van der Waals surface area contributed by atoms with Gasteiger partial charge in [0.2, 0.25) is 5.95 Å². The second-order valence-corrected chi connectivity index (χ2v) is 5.39. The lowest BCUT2D eigenvalue weighted by molar-refractivity contribution is -0.132. The summed E-state index contributed by atoms with van der Waals surface area (Å²) in [6.45, 7) is 0. The van der Waals surface area contributed by atoms with E-state index in [1.54, 1.807) is 16.8 Å². The highest BCUT2D eigenvalue weighted by atomic mass is 79.9. The molecule has 0 spiro atoms. The summed E-state index contributed by atoms with van der Waals surface area (Å²) in [5.41, 5.74) is 0.696. The fourth-order valence-corrected chi connectivity index (χ4v) is 2.68. The van der Waals surface area contributed by atoms with Crippen molar-refractivity contribution in [1.82, 2.24) is 14.8 Å². The number of carboxylic acids is 1. The largest absolute Gasteiger partial charge is 0.503 e. The third-order valence-electron chi connectivity index (χ3n) is 3.25. The molecule has 0 bridgehead atoms. The zero-order valence-corrected chi connectivity index (χ0v) is 12.9. The fourth-order valence-electron chi connectivity index (χ4n) is 2.22. The number of nitrogens with one attached hydrogen (secondary N) is 1. The molecule has 2 heterocycles. The number of aromatic hydroxyl groups is 1. The number of benzene rings is 1. The number of methoxy groups -OCH3 is 1. The van der Waals surface area contributed by atoms with Crippen molar-refractivity contribution in [1.29, 1.82) is 0 Å². The highest BCUT2D eigenvalue weighted by molar-refractivity contribution is 9.10. The molecule has 114 valence electrons. The first-order chi connectivity index (χ1) is 10.5. The number of ether oxygens (including phenoxy) is 1. The van der Waals surface area contributed by atoms with E-state index in [9.17, 15) is 15.0 Å². The van der Waals surface area contributed by atoms with Gasteiger partial charge in [0.05, 0.1) is 11.6 Å². The van der Waals surface area contributed by atoms with Crippen LogP contribution in [0.4, 0.5) is 5.95 Å². The van der Waals surface area contributed by atoms with Crippen molar-refractivity contribution < 1.29 is 19.7 Å². The van der Waals surface area contributed by atoms with Gasteiger partial charge < -0.3 is 20.3 Å². The number of anilines is 1. The summed E-state index contributed by atoms with van der Waals surface area (Å²) in [5.74, 6) is -0.520. The number of carboxylic acid groups (broad SMARTS) is 1. The van der Waals surface area contributed by atoms with Gasteiger partial charge in [-0.3, -0.25) is 0 Å². The molecule has 1 aromatic heterocycles. The minimum Gasteiger partial charge on any atom is -0.503 e. The summed E-state index contributed by atoms with van der Waals surface area (Å²) < 4.78 is 7.11. The van der Waals surface area contributed by atoms with Gasteiger partial charge in [-0.25, -0.2) is 9.48 Å². The van der Waals surface area contributed by atoms with Crippen LogP contribution < -0.4 is 10.1 Å². The van der Waals surface area contributed by atoms with E-state index in [0.717, 1.165) is 0 Å². The van der Waals surface area contributed by atoms with Crippen molar-refractivity contribution in [3.05, 3.63) is 40.3 Å². The second kappa shape index (κ2) is 5.34. The zero-order chi connectivity index (χ0) is 15.9. The number of aliphatic carboxylic acids is 1. The van der Waals surface area contributed by atoms with Crippen LogP contribution in [-0.2, 0) is 4.79 Å². The molecule has 9 heteroatoms. The SMILES string of the molecule is COc1cc(C2C=C(C(=O)O)Nc3ncnn32)cc(Br)c1O. The second-order valence-electron chi connectivity index (χ2n) is 4.54. The van der Waals surface area contributed by atoms with Gasteiger partial charge in [0, 0.05) is 0 Å². The minimum atomic E-state index is -1.09. The van der Waals surface area contributed by atoms with E-state index < -0.39 is 12.0 Å². The Labute approximate surface area is 133 Å². The Hall–Kier alpha value is -2.55. The Morgan fingerprint density at radius 1 is 1.50 bits per heavy atom. The lowest BCUT2D eigenvalue weighted by atomic mass is 10.0. The van der Waals surface area contributed by atoms with Crippen molar-refractivity contribution in [3.63, 3.8) is 0 Å². The van der Waals surface area contributed by atoms with Gasteiger partial charge >= 0.3 is 5.97 Å². The van der Waals surface area contributed by atoms with Crippen molar-refractivity contribution in [2.75, 3.05) is 12.4 Å². The molecule has 0 saturated heterocycles. The molecule has 1 aliphatic heterocycles. The molecule has 22 heavy (non-hydrogen) atoms. The lowest BCUT2D eigenvalue weighted by Crippen LogP contribution is -2.24. The minimum absolute atomic E-state index is 0.00802. The van der Waals surface area contributed by atoms with E-state index in [2.05, 4.69) is 31.3 Å². The predicted octanol–water partition coefficient (Wildman–Crippen LogP) is 1.74. The molecular formula is C13H11BrN4O4. The number of halogens is 1. The molecule has 0 aliphatic carbocycles. The average Bonchev–Trinajstić information content (AvgIpc) is 2.97. The average molecular weight is 367 g/mol. The molecule has 8 nitrogen and oxygen atoms in total. The number of hydrogen-bond donors (Lipinski definition) is 3. The van der Waals surface area contributed by atoms with E-state index in [1.807, 2.05) is 0 Å². The molecule has 3 N–H and O–H groups in total. The van der Waals surface area contributed by atoms with Crippen LogP contribution in [0, 0.1) is 0 Å². The van der Waals surface area contributed by atoms with Gasteiger partial charge in [-0.2, -0.15) is 10.1 Å². The van der Waals surface area contributed by atoms with Crippen molar-refractivity contribution in [3.8, 4) is 11.5 Å². The Balaban J connectivity index is 2.15. The first kappa shape index (κ1) is 14.4. The Bertz CT molecular complexity index is 786. The first-order valence-corrected chi connectivity index (χ1v) is 6.98. The zero-order valence-electron chi connectivity index (χ0n) is 11.3. The summed E-state index contributed by atoms with van der Waals surface area (Å²) in [7, 11) is 1.44. The normalized spacial score (nSPS) is 16.5. The van der Waals surface area contributed by atoms with Gasteiger partial charge in [0.15, 0.2) is 11.5 Å². The molecule has 0 fully saturated rings. The molecule has 2 aromatic rings. The summed E-state index contributed by atoms with van der Waals surface area (Å²) in [6.07, 6.45) is 2.85. The number of fused-ring (bicyclic) bond motifs is 1. The molecule has 0 amide bonds. The van der Waals surface area contributed by atoms with Gasteiger partial charge in [0.1, 0.15) is 18.1 Å². The number of rotatable bonds is 3. The highest BCUT2D eigenvalue weighted by Gasteiger charge is 2.26. The van der Waals surface area contributed by atoms with E-state index in [0.29, 0.717) is 16.0 Å². The van der Waals surface area contributed by atoms with Crippen molar-refractivity contribution in [2.24, 2.45) is 0 Å². The van der Waals surface area contributed by atoms with E-state index in [4.69, 9.17) is 4.74 Å². The monoisotopic (exact) mass is 366 g/mol. The van der Waals surface area contributed by atoms with E-state index >= 15 is 0 Å². The standard InChI is InChI=1S/C13H11BrN4O4/c1-22-10-3-6(2-7(14)11(10)19)9-4-8(12(20)21)17-13-15-5-16-18(9)13/h2-5,9,19H,1H3,(H,20,21)(H,15,16,17). The summed E-state index contributed by atoms with van der Waals surface area (Å²) >= 11 is 3.25. The smallest absolute Gasteiger partial charge is 0.352 e. The Kier molecular flexibility index (Phi) is 3.49.